The normalized spacial score (nSPS) is 26.0. The Morgan fingerprint density at radius 3 is 2.09 bits per heavy atom. The molecule has 22 heavy (non-hydrogen) atoms. The first-order valence-corrected chi connectivity index (χ1v) is 11.6. The van der Waals surface area contributed by atoms with Crippen molar-refractivity contribution < 1.29 is 9.05 Å². The molecule has 3 unspecified atom stereocenters. The first kappa shape index (κ1) is 20.7. The third kappa shape index (κ3) is 10.4. The second-order valence-corrected chi connectivity index (χ2v) is 8.47. The van der Waals surface area contributed by atoms with E-state index < -0.39 is 7.73 Å². The van der Waals surface area contributed by atoms with Crippen molar-refractivity contribution in [2.24, 2.45) is 5.92 Å². The smallest absolute Gasteiger partial charge is 0.277 e. The van der Waals surface area contributed by atoms with Gasteiger partial charge in [-0.15, -0.1) is 0 Å². The molecule has 0 saturated carbocycles. The second kappa shape index (κ2) is 14.0. The molecule has 1 heterocycles. The van der Waals surface area contributed by atoms with Crippen molar-refractivity contribution in [2.45, 2.75) is 103 Å². The molecule has 4 heteroatoms. The molecule has 1 aliphatic heterocycles. The summed E-state index contributed by atoms with van der Waals surface area (Å²) in [6.45, 7) is 5.33. The fourth-order valence-corrected chi connectivity index (χ4v) is 4.50. The van der Waals surface area contributed by atoms with Crippen LogP contribution in [-0.2, 0) is 9.05 Å². The van der Waals surface area contributed by atoms with Gasteiger partial charge >= 0.3 is 0 Å². The third-order valence-corrected chi connectivity index (χ3v) is 5.93. The van der Waals surface area contributed by atoms with Gasteiger partial charge in [0.2, 0.25) is 0 Å². The van der Waals surface area contributed by atoms with E-state index >= 15 is 0 Å². The molecule has 0 amide bonds. The maximum atomic E-state index is 6.17. The predicted molar refractivity (Wildman–Crippen MR) is 98.5 cm³/mol. The van der Waals surface area contributed by atoms with Gasteiger partial charge in [0, 0.05) is 0 Å². The van der Waals surface area contributed by atoms with Gasteiger partial charge < -0.3 is 9.05 Å². The molecule has 0 radical (unpaired) electrons. The van der Waals surface area contributed by atoms with E-state index in [-0.39, 0.29) is 0 Å². The van der Waals surface area contributed by atoms with Crippen LogP contribution in [-0.4, -0.2) is 12.7 Å². The molecule has 0 spiro atoms. The van der Waals surface area contributed by atoms with Crippen LogP contribution < -0.4 is 0 Å². The van der Waals surface area contributed by atoms with Gasteiger partial charge in [0.25, 0.3) is 7.73 Å². The lowest BCUT2D eigenvalue weighted by atomic mass is 9.93. The number of hydrogen-bond donors (Lipinski definition) is 0. The molecule has 0 aliphatic carbocycles. The van der Waals surface area contributed by atoms with E-state index in [1.165, 1.54) is 70.6 Å². The highest BCUT2D eigenvalue weighted by Crippen LogP contribution is 2.49. The maximum absolute atomic E-state index is 6.17. The second-order valence-electron chi connectivity index (χ2n) is 6.74. The highest BCUT2D eigenvalue weighted by Gasteiger charge is 2.26. The van der Waals surface area contributed by atoms with Gasteiger partial charge in [-0.25, -0.2) is 0 Å². The first-order valence-electron chi connectivity index (χ1n) is 9.51. The lowest BCUT2D eigenvalue weighted by Crippen LogP contribution is -2.15. The zero-order valence-electron chi connectivity index (χ0n) is 14.7. The topological polar surface area (TPSA) is 18.5 Å². The van der Waals surface area contributed by atoms with Crippen molar-refractivity contribution in [3.63, 3.8) is 0 Å². The lowest BCUT2D eigenvalue weighted by molar-refractivity contribution is 0.183. The molecule has 3 atom stereocenters. The quantitative estimate of drug-likeness (QED) is 0.266. The minimum atomic E-state index is -1.16. The highest BCUT2D eigenvalue weighted by atomic mass is 35.7. The lowest BCUT2D eigenvalue weighted by Gasteiger charge is -2.18. The number of halogens is 1. The largest absolute Gasteiger partial charge is 0.322 e. The van der Waals surface area contributed by atoms with Crippen molar-refractivity contribution >= 4 is 19.0 Å². The van der Waals surface area contributed by atoms with E-state index in [1.807, 2.05) is 0 Å². The Balaban J connectivity index is 2.20. The molecule has 0 aromatic carbocycles. The maximum Gasteiger partial charge on any atom is 0.277 e. The standard InChI is InChI=1S/C18H36ClO2P/c1-3-5-7-9-11-13-17-15-18(21-22(19)20-16-17)14-12-10-8-6-4-2/h17-18H,3-16H2,1-2H3. The van der Waals surface area contributed by atoms with Crippen molar-refractivity contribution in [3.8, 4) is 0 Å². The van der Waals surface area contributed by atoms with Crippen molar-refractivity contribution in [3.05, 3.63) is 0 Å². The molecular weight excluding hydrogens is 315 g/mol. The van der Waals surface area contributed by atoms with Crippen LogP contribution in [0.5, 0.6) is 0 Å². The van der Waals surface area contributed by atoms with E-state index in [2.05, 4.69) is 13.8 Å². The van der Waals surface area contributed by atoms with Crippen LogP contribution in [0.4, 0.5) is 0 Å². The minimum absolute atomic E-state index is 0.327. The molecule has 0 aromatic heterocycles. The Labute approximate surface area is 144 Å². The fraction of sp³-hybridized carbons (Fsp3) is 1.00. The Morgan fingerprint density at radius 2 is 1.45 bits per heavy atom. The van der Waals surface area contributed by atoms with Gasteiger partial charge in [-0.2, -0.15) is 0 Å². The summed E-state index contributed by atoms with van der Waals surface area (Å²) in [5, 5.41) is 0. The summed E-state index contributed by atoms with van der Waals surface area (Å²) in [5.74, 6) is 0.647. The van der Waals surface area contributed by atoms with Crippen LogP contribution in [0.25, 0.3) is 0 Å². The van der Waals surface area contributed by atoms with Crippen LogP contribution >= 0.6 is 19.0 Å². The monoisotopic (exact) mass is 350 g/mol. The Kier molecular flexibility index (Phi) is 13.2. The van der Waals surface area contributed by atoms with E-state index in [0.29, 0.717) is 12.0 Å². The average Bonchev–Trinajstić information content (AvgIpc) is 2.68. The van der Waals surface area contributed by atoms with Crippen molar-refractivity contribution in [2.75, 3.05) is 6.61 Å². The summed E-state index contributed by atoms with van der Waals surface area (Å²) in [7, 11) is -1.16. The summed E-state index contributed by atoms with van der Waals surface area (Å²) in [5.41, 5.74) is 0. The van der Waals surface area contributed by atoms with E-state index in [1.54, 1.807) is 0 Å². The summed E-state index contributed by atoms with van der Waals surface area (Å²) >= 11 is 6.17. The molecule has 2 nitrogen and oxygen atoms in total. The molecule has 1 rings (SSSR count). The van der Waals surface area contributed by atoms with Crippen molar-refractivity contribution in [1.29, 1.82) is 0 Å². The van der Waals surface area contributed by atoms with Gasteiger partial charge in [0.15, 0.2) is 0 Å². The minimum Gasteiger partial charge on any atom is -0.322 e. The SMILES string of the molecule is CCCCCCCC1COP(Cl)OC(CCCCCCC)C1. The molecule has 1 saturated heterocycles. The zero-order valence-corrected chi connectivity index (χ0v) is 16.3. The third-order valence-electron chi connectivity index (χ3n) is 4.59. The molecule has 1 fully saturated rings. The molecule has 0 N–H and O–H groups in total. The molecule has 1 aliphatic rings. The summed E-state index contributed by atoms with van der Waals surface area (Å²) in [6, 6.07) is 0. The number of hydrogen-bond acceptors (Lipinski definition) is 2. The predicted octanol–water partition coefficient (Wildman–Crippen LogP) is 7.59. The first-order chi connectivity index (χ1) is 10.8. The van der Waals surface area contributed by atoms with Crippen LogP contribution in [0.15, 0.2) is 0 Å². The fourth-order valence-electron chi connectivity index (χ4n) is 3.18. The summed E-state index contributed by atoms with van der Waals surface area (Å²) in [4.78, 5) is 0. The van der Waals surface area contributed by atoms with E-state index in [9.17, 15) is 0 Å². The number of rotatable bonds is 12. The molecule has 0 aromatic rings. The van der Waals surface area contributed by atoms with Crippen LogP contribution in [0, 0.1) is 5.92 Å². The summed E-state index contributed by atoms with van der Waals surface area (Å²) in [6.07, 6.45) is 17.3. The van der Waals surface area contributed by atoms with Gasteiger partial charge in [-0.1, -0.05) is 78.1 Å². The zero-order chi connectivity index (χ0) is 16.0. The van der Waals surface area contributed by atoms with Gasteiger partial charge in [0.05, 0.1) is 12.7 Å². The van der Waals surface area contributed by atoms with Crippen LogP contribution in [0.2, 0.25) is 0 Å². The van der Waals surface area contributed by atoms with Gasteiger partial charge in [0.1, 0.15) is 0 Å². The van der Waals surface area contributed by atoms with E-state index in [4.69, 9.17) is 20.3 Å². The molecular formula is C18H36ClO2P. The van der Waals surface area contributed by atoms with Gasteiger partial charge in [-0.05, 0) is 36.4 Å². The van der Waals surface area contributed by atoms with E-state index in [0.717, 1.165) is 19.4 Å². The molecule has 0 bridgehead atoms. The Morgan fingerprint density at radius 1 is 0.864 bits per heavy atom. The van der Waals surface area contributed by atoms with Crippen LogP contribution in [0.3, 0.4) is 0 Å². The Hall–Kier alpha value is 0.640. The summed E-state index contributed by atoms with van der Waals surface area (Å²) < 4.78 is 11.6. The Bertz CT molecular complexity index is 253. The highest BCUT2D eigenvalue weighted by molar-refractivity contribution is 7.76. The van der Waals surface area contributed by atoms with Crippen LogP contribution in [0.1, 0.15) is 97.3 Å². The molecule has 132 valence electrons. The van der Waals surface area contributed by atoms with Crippen molar-refractivity contribution in [1.82, 2.24) is 0 Å². The average molecular weight is 351 g/mol. The van der Waals surface area contributed by atoms with Gasteiger partial charge in [-0.3, -0.25) is 0 Å². The number of unbranched alkanes of at least 4 members (excludes halogenated alkanes) is 8.